The van der Waals surface area contributed by atoms with Crippen molar-refractivity contribution in [3.8, 4) is 0 Å². The lowest BCUT2D eigenvalue weighted by atomic mass is 9.71. The van der Waals surface area contributed by atoms with Gasteiger partial charge in [0, 0.05) is 17.8 Å². The molecule has 0 heterocycles. The van der Waals surface area contributed by atoms with E-state index in [9.17, 15) is 13.2 Å². The lowest BCUT2D eigenvalue weighted by molar-refractivity contribution is -0.118. The van der Waals surface area contributed by atoms with E-state index >= 15 is 0 Å². The highest BCUT2D eigenvalue weighted by Crippen LogP contribution is 2.38. The maximum atomic E-state index is 12.4. The quantitative estimate of drug-likeness (QED) is 0.657. The molecule has 0 radical (unpaired) electrons. The Kier molecular flexibility index (Phi) is 6.84. The van der Waals surface area contributed by atoms with E-state index in [0.717, 1.165) is 25.7 Å². The lowest BCUT2D eigenvalue weighted by Gasteiger charge is -2.35. The number of nitrogens with two attached hydrogens (primary N) is 1. The van der Waals surface area contributed by atoms with Crippen molar-refractivity contribution in [2.75, 3.05) is 22.3 Å². The molecule has 140 valence electrons. The normalized spacial score (nSPS) is 17.0. The van der Waals surface area contributed by atoms with Crippen molar-refractivity contribution in [2.45, 2.75) is 51.9 Å². The number of anilines is 2. The third kappa shape index (κ3) is 6.01. The van der Waals surface area contributed by atoms with Gasteiger partial charge in [-0.15, -0.1) is 0 Å². The molecule has 4 N–H and O–H groups in total. The van der Waals surface area contributed by atoms with Gasteiger partial charge in [-0.25, -0.2) is 8.42 Å². The number of hydrogen-bond acceptors (Lipinski definition) is 4. The largest absolute Gasteiger partial charge is 0.330 e. The number of amides is 1. The number of benzene rings is 1. The first-order valence-electron chi connectivity index (χ1n) is 8.98. The highest BCUT2D eigenvalue weighted by Gasteiger charge is 2.32. The fourth-order valence-corrected chi connectivity index (χ4v) is 4.56. The molecule has 6 nitrogen and oxygen atoms in total. The van der Waals surface area contributed by atoms with Gasteiger partial charge in [-0.2, -0.15) is 0 Å². The van der Waals surface area contributed by atoms with E-state index in [1.807, 2.05) is 6.92 Å². The van der Waals surface area contributed by atoms with Crippen LogP contribution < -0.4 is 15.8 Å². The van der Waals surface area contributed by atoms with Crippen molar-refractivity contribution < 1.29 is 13.2 Å². The second-order valence-electron chi connectivity index (χ2n) is 6.99. The minimum atomic E-state index is -3.30. The average molecular weight is 368 g/mol. The first-order chi connectivity index (χ1) is 11.9. The summed E-state index contributed by atoms with van der Waals surface area (Å²) in [6, 6.07) is 6.72. The van der Waals surface area contributed by atoms with Gasteiger partial charge in [-0.3, -0.25) is 9.52 Å². The Bertz CT molecular complexity index is 665. The van der Waals surface area contributed by atoms with Crippen molar-refractivity contribution in [3.05, 3.63) is 24.3 Å². The van der Waals surface area contributed by atoms with E-state index < -0.39 is 10.0 Å². The van der Waals surface area contributed by atoms with Crippen LogP contribution in [0.25, 0.3) is 0 Å². The zero-order valence-corrected chi connectivity index (χ0v) is 15.7. The van der Waals surface area contributed by atoms with Crippen molar-refractivity contribution in [3.63, 3.8) is 0 Å². The second kappa shape index (κ2) is 8.67. The maximum absolute atomic E-state index is 12.4. The Hall–Kier alpha value is -1.60. The molecule has 0 aromatic heterocycles. The number of carbonyl (C=O) groups excluding carboxylic acids is 1. The Morgan fingerprint density at radius 1 is 1.12 bits per heavy atom. The van der Waals surface area contributed by atoms with Gasteiger partial charge in [-0.1, -0.05) is 26.2 Å². The van der Waals surface area contributed by atoms with Gasteiger partial charge in [0.2, 0.25) is 15.9 Å². The Morgan fingerprint density at radius 3 is 2.28 bits per heavy atom. The number of sulfonamides is 1. The van der Waals surface area contributed by atoms with Crippen LogP contribution in [-0.4, -0.2) is 26.6 Å². The highest BCUT2D eigenvalue weighted by atomic mass is 32.2. The molecule has 1 saturated carbocycles. The molecule has 0 saturated heterocycles. The molecule has 0 spiro atoms. The van der Waals surface area contributed by atoms with Gasteiger partial charge >= 0.3 is 0 Å². The molecule has 2 rings (SSSR count). The molecule has 1 aliphatic carbocycles. The minimum Gasteiger partial charge on any atom is -0.330 e. The van der Waals surface area contributed by atoms with Crippen molar-refractivity contribution in [2.24, 2.45) is 11.1 Å². The van der Waals surface area contributed by atoms with Gasteiger partial charge in [0.25, 0.3) is 0 Å². The smallest absolute Gasteiger partial charge is 0.232 e. The van der Waals surface area contributed by atoms with Crippen molar-refractivity contribution in [1.82, 2.24) is 0 Å². The number of carbonyl (C=O) groups is 1. The lowest BCUT2D eigenvalue weighted by Crippen LogP contribution is -2.36. The molecule has 1 aromatic carbocycles. The minimum absolute atomic E-state index is 0.0355. The monoisotopic (exact) mass is 367 g/mol. The molecule has 0 atom stereocenters. The molecule has 1 fully saturated rings. The molecular formula is C18H29N3O3S. The summed E-state index contributed by atoms with van der Waals surface area (Å²) < 4.78 is 26.0. The van der Waals surface area contributed by atoms with E-state index in [4.69, 9.17) is 5.73 Å². The fraction of sp³-hybridized carbons (Fsp3) is 0.611. The van der Waals surface area contributed by atoms with Gasteiger partial charge in [0.15, 0.2) is 0 Å². The summed E-state index contributed by atoms with van der Waals surface area (Å²) in [7, 11) is -3.30. The predicted molar refractivity (Wildman–Crippen MR) is 102 cm³/mol. The molecule has 0 bridgehead atoms. The first kappa shape index (κ1) is 19.7. The van der Waals surface area contributed by atoms with E-state index in [-0.39, 0.29) is 17.1 Å². The first-order valence-corrected chi connectivity index (χ1v) is 10.6. The summed E-state index contributed by atoms with van der Waals surface area (Å²) in [5.74, 6) is 0.0544. The highest BCUT2D eigenvalue weighted by molar-refractivity contribution is 7.92. The Morgan fingerprint density at radius 2 is 1.72 bits per heavy atom. The van der Waals surface area contributed by atoms with Crippen LogP contribution >= 0.6 is 0 Å². The standard InChI is InChI=1S/C18H29N3O3S/c1-2-12-25(23,24)21-16-8-6-15(7-9-16)20-17(22)13-18(14-19)10-4-3-5-11-18/h6-9,21H,2-5,10-14,19H2,1H3,(H,20,22). The summed E-state index contributed by atoms with van der Waals surface area (Å²) >= 11 is 0. The summed E-state index contributed by atoms with van der Waals surface area (Å²) in [4.78, 5) is 12.4. The zero-order chi connectivity index (χ0) is 18.3. The maximum Gasteiger partial charge on any atom is 0.232 e. The summed E-state index contributed by atoms with van der Waals surface area (Å²) in [5.41, 5.74) is 7.02. The number of rotatable bonds is 8. The molecule has 1 aromatic rings. The van der Waals surface area contributed by atoms with E-state index in [1.54, 1.807) is 24.3 Å². The van der Waals surface area contributed by atoms with Crippen LogP contribution in [0.4, 0.5) is 11.4 Å². The van der Waals surface area contributed by atoms with Crippen LogP contribution in [0.2, 0.25) is 0 Å². The van der Waals surface area contributed by atoms with E-state index in [0.29, 0.717) is 30.8 Å². The van der Waals surface area contributed by atoms with Gasteiger partial charge in [0.1, 0.15) is 0 Å². The topological polar surface area (TPSA) is 101 Å². The summed E-state index contributed by atoms with van der Waals surface area (Å²) in [6.45, 7) is 2.36. The molecule has 0 aliphatic heterocycles. The van der Waals surface area contributed by atoms with E-state index in [2.05, 4.69) is 10.0 Å². The third-order valence-electron chi connectivity index (χ3n) is 4.80. The van der Waals surface area contributed by atoms with Crippen molar-refractivity contribution in [1.29, 1.82) is 0 Å². The third-order valence-corrected chi connectivity index (χ3v) is 6.29. The molecule has 1 aliphatic rings. The molecule has 25 heavy (non-hydrogen) atoms. The van der Waals surface area contributed by atoms with Crippen LogP contribution in [0, 0.1) is 5.41 Å². The van der Waals surface area contributed by atoms with Crippen LogP contribution in [-0.2, 0) is 14.8 Å². The predicted octanol–water partition coefficient (Wildman–Crippen LogP) is 3.08. The molecule has 0 unspecified atom stereocenters. The average Bonchev–Trinajstić information content (AvgIpc) is 2.57. The van der Waals surface area contributed by atoms with Gasteiger partial charge in [0.05, 0.1) is 5.75 Å². The SMILES string of the molecule is CCCS(=O)(=O)Nc1ccc(NC(=O)CC2(CN)CCCCC2)cc1. The van der Waals surface area contributed by atoms with E-state index in [1.165, 1.54) is 6.42 Å². The molecular weight excluding hydrogens is 338 g/mol. The summed E-state index contributed by atoms with van der Waals surface area (Å²) in [6.07, 6.45) is 6.51. The van der Waals surface area contributed by atoms with Crippen LogP contribution in [0.15, 0.2) is 24.3 Å². The van der Waals surface area contributed by atoms with Crippen LogP contribution in [0.3, 0.4) is 0 Å². The molecule has 1 amide bonds. The number of nitrogens with one attached hydrogen (secondary N) is 2. The van der Waals surface area contributed by atoms with Crippen LogP contribution in [0.1, 0.15) is 51.9 Å². The summed E-state index contributed by atoms with van der Waals surface area (Å²) in [5, 5.41) is 2.89. The van der Waals surface area contributed by atoms with Crippen molar-refractivity contribution >= 4 is 27.3 Å². The molecule has 7 heteroatoms. The Balaban J connectivity index is 1.93. The fourth-order valence-electron chi connectivity index (χ4n) is 3.42. The van der Waals surface area contributed by atoms with Gasteiger partial charge < -0.3 is 11.1 Å². The van der Waals surface area contributed by atoms with Gasteiger partial charge in [-0.05, 0) is 55.5 Å². The Labute approximate surface area is 150 Å². The second-order valence-corrected chi connectivity index (χ2v) is 8.83. The zero-order valence-electron chi connectivity index (χ0n) is 14.9. The number of hydrogen-bond donors (Lipinski definition) is 3. The van der Waals surface area contributed by atoms with Crippen LogP contribution in [0.5, 0.6) is 0 Å².